The number of benzene rings is 2. The largest absolute Gasteiger partial charge is 0.687 e. The minimum atomic E-state index is 0. The summed E-state index contributed by atoms with van der Waals surface area (Å²) in [5.41, 5.74) is 9.62. The molecule has 0 aliphatic rings. The van der Waals surface area contributed by atoms with Gasteiger partial charge in [-0.15, -0.1) is 19.3 Å². The molecule has 2 aromatic carbocycles. The van der Waals surface area contributed by atoms with Crippen LogP contribution < -0.4 is 0 Å². The number of rotatable bonds is 3. The molecule has 0 saturated carbocycles. The fraction of sp³-hybridized carbons (Fsp3) is 0.278. The van der Waals surface area contributed by atoms with Crippen molar-refractivity contribution in [1.29, 1.82) is 0 Å². The predicted octanol–water partition coefficient (Wildman–Crippen LogP) is 5.79. The van der Waals surface area contributed by atoms with E-state index in [-0.39, 0.29) is 39.3 Å². The molecule has 1 radical (unpaired) electrons. The van der Waals surface area contributed by atoms with E-state index in [1.165, 1.54) is 6.42 Å². The number of hydrogen-bond acceptors (Lipinski definition) is 1. The standard InChI is InChI=1S/C8H8NO.C7H8N.C3H8.Y/c9-5-7-1-3-8(6-10)4-2-7;1-8-7-5-3-2-4-6-7;1-3-2;/h1-4,6,9H,5H2;2-6H,1H3;3H2,1-2H3;/q2*-1;;. The van der Waals surface area contributed by atoms with Crippen molar-refractivity contribution in [2.45, 2.75) is 26.8 Å². The maximum Gasteiger partial charge on any atom is 0.150 e. The van der Waals surface area contributed by atoms with E-state index in [9.17, 15) is 4.79 Å². The van der Waals surface area contributed by atoms with E-state index in [0.717, 1.165) is 17.5 Å². The van der Waals surface area contributed by atoms with Crippen LogP contribution in [0.4, 0.5) is 5.69 Å². The Bertz CT molecular complexity index is 472. The molecular formula is C18H24N2OY-2. The average molecular weight is 373 g/mol. The van der Waals surface area contributed by atoms with E-state index in [2.05, 4.69) is 19.2 Å². The normalized spacial score (nSPS) is 8.18. The predicted molar refractivity (Wildman–Crippen MR) is 91.2 cm³/mol. The van der Waals surface area contributed by atoms with Gasteiger partial charge in [0.05, 0.1) is 0 Å². The van der Waals surface area contributed by atoms with Gasteiger partial charge in [-0.3, -0.25) is 4.79 Å². The monoisotopic (exact) mass is 373 g/mol. The summed E-state index contributed by atoms with van der Waals surface area (Å²) in [6, 6.07) is 16.9. The van der Waals surface area contributed by atoms with Gasteiger partial charge in [0.2, 0.25) is 0 Å². The van der Waals surface area contributed by atoms with Gasteiger partial charge in [-0.1, -0.05) is 80.4 Å². The van der Waals surface area contributed by atoms with Gasteiger partial charge in [0, 0.05) is 38.3 Å². The van der Waals surface area contributed by atoms with Crippen molar-refractivity contribution >= 4 is 12.0 Å². The van der Waals surface area contributed by atoms with Crippen molar-refractivity contribution in [1.82, 2.24) is 0 Å². The molecule has 0 amide bonds. The second-order valence-corrected chi connectivity index (χ2v) is 4.30. The molecule has 22 heavy (non-hydrogen) atoms. The first-order valence-electron chi connectivity index (χ1n) is 7.05. The van der Waals surface area contributed by atoms with Gasteiger partial charge in [0.1, 0.15) is 6.29 Å². The molecule has 3 nitrogen and oxygen atoms in total. The first-order chi connectivity index (χ1) is 10.2. The van der Waals surface area contributed by atoms with Crippen molar-refractivity contribution in [2.24, 2.45) is 0 Å². The fourth-order valence-electron chi connectivity index (χ4n) is 1.29. The molecule has 0 unspecified atom stereocenters. The fourth-order valence-corrected chi connectivity index (χ4v) is 1.29. The van der Waals surface area contributed by atoms with Crippen molar-refractivity contribution in [3.63, 3.8) is 0 Å². The molecule has 0 aromatic heterocycles. The topological polar surface area (TPSA) is 55.0 Å². The summed E-state index contributed by atoms with van der Waals surface area (Å²) in [6.45, 7) is 4.53. The van der Waals surface area contributed by atoms with Gasteiger partial charge in [-0.2, -0.15) is 0 Å². The molecular weight excluding hydrogens is 349 g/mol. The Balaban J connectivity index is 0. The SMILES string of the molecule is CCC.C[N-]c1ccccc1.[NH-]Cc1ccc(C=O)cc1.[Y]. The minimum absolute atomic E-state index is 0. The zero-order valence-corrected chi connectivity index (χ0v) is 16.5. The first-order valence-corrected chi connectivity index (χ1v) is 7.05. The molecule has 0 aliphatic carbocycles. The Morgan fingerprint density at radius 1 is 1.00 bits per heavy atom. The van der Waals surface area contributed by atoms with Crippen LogP contribution in [0.2, 0.25) is 0 Å². The quantitative estimate of drug-likeness (QED) is 0.629. The van der Waals surface area contributed by atoms with Crippen molar-refractivity contribution < 1.29 is 37.5 Å². The van der Waals surface area contributed by atoms with Gasteiger partial charge in [-0.05, 0) is 0 Å². The molecule has 0 bridgehead atoms. The number of hydrogen-bond donors (Lipinski definition) is 0. The second kappa shape index (κ2) is 16.3. The van der Waals surface area contributed by atoms with E-state index in [1.54, 1.807) is 31.3 Å². The number of carbonyl (C=O) groups is 1. The number of aldehydes is 1. The molecule has 0 saturated heterocycles. The summed E-state index contributed by atoms with van der Waals surface area (Å²) in [4.78, 5) is 10.2. The Kier molecular flexibility index (Phi) is 17.3. The van der Waals surface area contributed by atoms with Crippen LogP contribution >= 0.6 is 0 Å². The van der Waals surface area contributed by atoms with E-state index in [4.69, 9.17) is 5.73 Å². The third-order valence-electron chi connectivity index (χ3n) is 2.33. The number of nitrogens with zero attached hydrogens (tertiary/aromatic N) is 1. The Labute approximate surface area is 159 Å². The average Bonchev–Trinajstić information content (AvgIpc) is 2.57. The summed E-state index contributed by atoms with van der Waals surface area (Å²) in [7, 11) is 1.79. The maximum atomic E-state index is 10.2. The molecule has 0 atom stereocenters. The van der Waals surface area contributed by atoms with E-state index in [1.807, 2.05) is 30.3 Å². The summed E-state index contributed by atoms with van der Waals surface area (Å²) >= 11 is 0. The van der Waals surface area contributed by atoms with Gasteiger partial charge in [0.15, 0.2) is 0 Å². The van der Waals surface area contributed by atoms with Crippen LogP contribution in [-0.2, 0) is 39.3 Å². The molecule has 117 valence electrons. The molecule has 0 heterocycles. The minimum Gasteiger partial charge on any atom is -0.687 e. The Hall–Kier alpha value is -1.03. The van der Waals surface area contributed by atoms with Gasteiger partial charge < -0.3 is 11.1 Å². The maximum absolute atomic E-state index is 10.2. The summed E-state index contributed by atoms with van der Waals surface area (Å²) in [6.07, 6.45) is 2.05. The number of carbonyl (C=O) groups excluding carboxylic acids is 1. The summed E-state index contributed by atoms with van der Waals surface area (Å²) in [5, 5.41) is 3.97. The second-order valence-electron chi connectivity index (χ2n) is 4.30. The molecule has 2 aromatic rings. The zero-order chi connectivity index (χ0) is 15.9. The van der Waals surface area contributed by atoms with E-state index < -0.39 is 0 Å². The van der Waals surface area contributed by atoms with Crippen LogP contribution in [0.15, 0.2) is 54.6 Å². The van der Waals surface area contributed by atoms with Crippen molar-refractivity contribution in [3.05, 3.63) is 76.8 Å². The van der Waals surface area contributed by atoms with E-state index >= 15 is 0 Å². The van der Waals surface area contributed by atoms with Crippen molar-refractivity contribution in [3.8, 4) is 0 Å². The zero-order valence-electron chi connectivity index (χ0n) is 13.6. The Morgan fingerprint density at radius 2 is 1.50 bits per heavy atom. The van der Waals surface area contributed by atoms with Gasteiger partial charge >= 0.3 is 0 Å². The number of nitrogens with one attached hydrogen (secondary N) is 1. The van der Waals surface area contributed by atoms with Crippen molar-refractivity contribution in [2.75, 3.05) is 7.05 Å². The number of para-hydroxylation sites is 1. The van der Waals surface area contributed by atoms with Crippen LogP contribution in [0.1, 0.15) is 36.2 Å². The summed E-state index contributed by atoms with van der Waals surface area (Å²) in [5.74, 6) is 0. The molecule has 0 spiro atoms. The van der Waals surface area contributed by atoms with Crippen LogP contribution in [0.5, 0.6) is 0 Å². The molecule has 0 fully saturated rings. The van der Waals surface area contributed by atoms with Crippen LogP contribution in [-0.4, -0.2) is 13.3 Å². The van der Waals surface area contributed by atoms with Crippen LogP contribution in [0, 0.1) is 0 Å². The third kappa shape index (κ3) is 11.6. The van der Waals surface area contributed by atoms with Gasteiger partial charge in [-0.25, -0.2) is 0 Å². The first kappa shape index (κ1) is 23.2. The molecule has 0 aliphatic heterocycles. The Morgan fingerprint density at radius 3 is 1.82 bits per heavy atom. The van der Waals surface area contributed by atoms with Gasteiger partial charge in [0.25, 0.3) is 0 Å². The molecule has 1 N–H and O–H groups in total. The van der Waals surface area contributed by atoms with Crippen LogP contribution in [0.3, 0.4) is 0 Å². The molecule has 2 rings (SSSR count). The third-order valence-corrected chi connectivity index (χ3v) is 2.33. The molecule has 4 heteroatoms. The van der Waals surface area contributed by atoms with Crippen LogP contribution in [0.25, 0.3) is 11.1 Å². The van der Waals surface area contributed by atoms with E-state index in [0.29, 0.717) is 5.56 Å². The smallest absolute Gasteiger partial charge is 0.150 e. The summed E-state index contributed by atoms with van der Waals surface area (Å²) < 4.78 is 0.